The van der Waals surface area contributed by atoms with Crippen molar-refractivity contribution in [3.8, 4) is 0 Å². The minimum atomic E-state index is -4.67. The molecule has 0 spiro atoms. The van der Waals surface area contributed by atoms with Gasteiger partial charge in [0, 0.05) is 0 Å². The van der Waals surface area contributed by atoms with Crippen LogP contribution in [0.2, 0.25) is 0 Å². The van der Waals surface area contributed by atoms with E-state index in [-0.39, 0.29) is 0 Å². The van der Waals surface area contributed by atoms with E-state index in [1.807, 2.05) is 0 Å². The van der Waals surface area contributed by atoms with Gasteiger partial charge in [-0.2, -0.15) is 0 Å². The Morgan fingerprint density at radius 3 is 1.45 bits per heavy atom. The van der Waals surface area contributed by atoms with Gasteiger partial charge in [-0.3, -0.25) is 0 Å². The predicted molar refractivity (Wildman–Crippen MR) is 35.5 cm³/mol. The molecule has 7 heteroatoms. The van der Waals surface area contributed by atoms with Crippen molar-refractivity contribution in [3.63, 3.8) is 0 Å². The Bertz CT molecular complexity index is 131. The summed E-state index contributed by atoms with van der Waals surface area (Å²) in [5.41, 5.74) is 0. The van der Waals surface area contributed by atoms with Crippen LogP contribution in [0, 0.1) is 0 Å². The van der Waals surface area contributed by atoms with Crippen molar-refractivity contribution in [3.05, 3.63) is 0 Å². The van der Waals surface area contributed by atoms with Gasteiger partial charge in [0.2, 0.25) is 0 Å². The first-order chi connectivity index (χ1) is 4.65. The molecule has 0 unspecified atom stereocenters. The summed E-state index contributed by atoms with van der Waals surface area (Å²) < 4.78 is 55.8. The average Bonchev–Trinajstić information content (AvgIpc) is 1.56. The van der Waals surface area contributed by atoms with Crippen LogP contribution in [0.1, 0.15) is 0 Å². The van der Waals surface area contributed by atoms with Gasteiger partial charge in [-0.15, -0.1) is 0 Å². The molecule has 0 saturated heterocycles. The van der Waals surface area contributed by atoms with Crippen molar-refractivity contribution in [2.75, 3.05) is 13.3 Å². The number of hydrogen-bond donors (Lipinski definition) is 0. The van der Waals surface area contributed by atoms with Crippen molar-refractivity contribution in [2.45, 2.75) is 9.42 Å². The third-order valence-corrected chi connectivity index (χ3v) is 6.01. The molecule has 11 heavy (non-hydrogen) atoms. The minimum absolute atomic E-state index is 1.15. The first-order valence-electron chi connectivity index (χ1n) is 2.51. The molecule has 0 fully saturated rings. The average molecular weight is 255 g/mol. The maximum absolute atomic E-state index is 12.4. The summed E-state index contributed by atoms with van der Waals surface area (Å²) in [7, 11) is -1.82. The van der Waals surface area contributed by atoms with Crippen molar-refractivity contribution in [2.24, 2.45) is 0 Å². The number of rotatable bonds is 2. The first-order valence-corrected chi connectivity index (χ1v) is 6.62. The van der Waals surface area contributed by atoms with Crippen LogP contribution >= 0.6 is 7.92 Å². The molecular formula is C4H6AsF5P. The fourth-order valence-corrected chi connectivity index (χ4v) is 2.94. The van der Waals surface area contributed by atoms with Gasteiger partial charge in [0.1, 0.15) is 0 Å². The predicted octanol–water partition coefficient (Wildman–Crippen LogP) is 2.50. The SMILES string of the molecule is CP(C)C(F)(F)[As]C(F)(F)F. The fraction of sp³-hybridized carbons (Fsp3) is 1.00. The summed E-state index contributed by atoms with van der Waals surface area (Å²) in [4.78, 5) is -4.67. The molecule has 0 aromatic heterocycles. The first kappa shape index (κ1) is 11.6. The normalized spacial score (nSPS) is 15.3. The molecule has 0 amide bonds. The van der Waals surface area contributed by atoms with Crippen LogP contribution in [0.5, 0.6) is 0 Å². The van der Waals surface area contributed by atoms with E-state index in [4.69, 9.17) is 0 Å². The van der Waals surface area contributed by atoms with Crippen LogP contribution in [0.4, 0.5) is 22.0 Å². The summed E-state index contributed by atoms with van der Waals surface area (Å²) in [6.45, 7) is 2.30. The summed E-state index contributed by atoms with van der Waals surface area (Å²) in [6.07, 6.45) is 0. The zero-order valence-electron chi connectivity index (χ0n) is 5.78. The Morgan fingerprint density at radius 1 is 1.00 bits per heavy atom. The van der Waals surface area contributed by atoms with Gasteiger partial charge in [0.15, 0.2) is 0 Å². The standard InChI is InChI=1S/C4H6AsF5P/c1-11(2)4(9,10)5-3(6,7)8/h1-2H3. The third kappa shape index (κ3) is 4.97. The van der Waals surface area contributed by atoms with Crippen LogP contribution in [0.25, 0.3) is 0 Å². The van der Waals surface area contributed by atoms with Crippen molar-refractivity contribution < 1.29 is 22.0 Å². The van der Waals surface area contributed by atoms with E-state index in [2.05, 4.69) is 0 Å². The van der Waals surface area contributed by atoms with E-state index in [0.717, 1.165) is 13.3 Å². The molecule has 1 radical (unpaired) electrons. The molecule has 0 aliphatic rings. The molecule has 0 rings (SSSR count). The summed E-state index contributed by atoms with van der Waals surface area (Å²) >= 11 is -2.86. The summed E-state index contributed by atoms with van der Waals surface area (Å²) in [6, 6.07) is 0. The molecule has 0 aromatic rings. The van der Waals surface area contributed by atoms with Crippen molar-refractivity contribution in [1.29, 1.82) is 0 Å². The van der Waals surface area contributed by atoms with E-state index >= 15 is 0 Å². The van der Waals surface area contributed by atoms with E-state index in [9.17, 15) is 22.0 Å². The molecule has 0 bridgehead atoms. The second kappa shape index (κ2) is 3.57. The molecule has 0 aromatic carbocycles. The van der Waals surface area contributed by atoms with Crippen molar-refractivity contribution in [1.82, 2.24) is 0 Å². The maximum atomic E-state index is 12.4. The Morgan fingerprint density at radius 2 is 1.36 bits per heavy atom. The molecule has 0 N–H and O–H groups in total. The third-order valence-electron chi connectivity index (χ3n) is 0.799. The Labute approximate surface area is 69.0 Å². The summed E-state index contributed by atoms with van der Waals surface area (Å²) in [5, 5.41) is 0. The quantitative estimate of drug-likeness (QED) is 0.404. The van der Waals surface area contributed by atoms with Crippen LogP contribution in [0.15, 0.2) is 0 Å². The second-order valence-corrected chi connectivity index (χ2v) is 7.81. The van der Waals surface area contributed by atoms with Crippen molar-refractivity contribution >= 4 is 23.7 Å². The van der Waals surface area contributed by atoms with E-state index in [1.165, 1.54) is 0 Å². The number of alkyl halides is 5. The number of hydrogen-bond acceptors (Lipinski definition) is 0. The van der Waals surface area contributed by atoms with E-state index in [0.29, 0.717) is 0 Å². The van der Waals surface area contributed by atoms with Gasteiger partial charge in [-0.1, -0.05) is 0 Å². The zero-order chi connectivity index (χ0) is 9.28. The monoisotopic (exact) mass is 255 g/mol. The van der Waals surface area contributed by atoms with Gasteiger partial charge in [0.05, 0.1) is 0 Å². The molecule has 0 atom stereocenters. The van der Waals surface area contributed by atoms with Crippen LogP contribution in [-0.2, 0) is 0 Å². The molecule has 0 aliphatic heterocycles. The Hall–Kier alpha value is 0.638. The van der Waals surface area contributed by atoms with Gasteiger partial charge >= 0.3 is 68.4 Å². The topological polar surface area (TPSA) is 0 Å². The van der Waals surface area contributed by atoms with Gasteiger partial charge in [-0.05, 0) is 0 Å². The number of halogens is 5. The van der Waals surface area contributed by atoms with Gasteiger partial charge in [-0.25, -0.2) is 0 Å². The molecular weight excluding hydrogens is 249 g/mol. The fourth-order valence-electron chi connectivity index (χ4n) is 0.253. The molecule has 67 valence electrons. The molecule has 0 saturated carbocycles. The zero-order valence-corrected chi connectivity index (χ0v) is 8.56. The van der Waals surface area contributed by atoms with Crippen LogP contribution < -0.4 is 0 Å². The van der Waals surface area contributed by atoms with E-state index in [1.54, 1.807) is 0 Å². The molecule has 0 aliphatic carbocycles. The van der Waals surface area contributed by atoms with E-state index < -0.39 is 33.1 Å². The van der Waals surface area contributed by atoms with Crippen LogP contribution in [0.3, 0.4) is 0 Å². The Balaban J connectivity index is 4.13. The second-order valence-electron chi connectivity index (χ2n) is 1.98. The summed E-state index contributed by atoms with van der Waals surface area (Å²) in [5.74, 6) is 0. The molecule has 0 heterocycles. The molecule has 0 nitrogen and oxygen atoms in total. The van der Waals surface area contributed by atoms with Gasteiger partial charge in [0.25, 0.3) is 0 Å². The Kier molecular flexibility index (Phi) is 3.78. The van der Waals surface area contributed by atoms with Crippen LogP contribution in [-0.4, -0.2) is 38.5 Å². The van der Waals surface area contributed by atoms with Gasteiger partial charge < -0.3 is 0 Å².